The first-order valence-electron chi connectivity index (χ1n) is 6.73. The molecule has 1 aromatic rings. The van der Waals surface area contributed by atoms with Crippen LogP contribution in [0.25, 0.3) is 0 Å². The van der Waals surface area contributed by atoms with Crippen molar-refractivity contribution in [2.45, 2.75) is 19.6 Å². The molecule has 0 spiro atoms. The normalized spacial score (nSPS) is 11.0. The average Bonchev–Trinajstić information content (AvgIpc) is 2.45. The predicted octanol–water partition coefficient (Wildman–Crippen LogP) is 2.58. The van der Waals surface area contributed by atoms with E-state index in [1.165, 1.54) is 6.07 Å². The molecule has 0 radical (unpaired) electrons. The van der Waals surface area contributed by atoms with E-state index in [1.807, 2.05) is 6.92 Å². The number of benzene rings is 1. The Bertz CT molecular complexity index is 499. The zero-order chi connectivity index (χ0) is 16.6. The van der Waals surface area contributed by atoms with Crippen LogP contribution in [0.1, 0.15) is 18.1 Å². The molecule has 5 nitrogen and oxygen atoms in total. The lowest BCUT2D eigenvalue weighted by Gasteiger charge is -2.12. The van der Waals surface area contributed by atoms with Crippen LogP contribution in [-0.2, 0) is 27.0 Å². The predicted molar refractivity (Wildman–Crippen MR) is 82.5 cm³/mol. The van der Waals surface area contributed by atoms with Crippen LogP contribution in [0, 0.1) is 0 Å². The topological polar surface area (TPSA) is 73.6 Å². The first-order chi connectivity index (χ1) is 10.4. The van der Waals surface area contributed by atoms with Crippen molar-refractivity contribution in [3.63, 3.8) is 0 Å². The van der Waals surface area contributed by atoms with Gasteiger partial charge in [-0.05, 0) is 30.7 Å². The average molecular weight is 357 g/mol. The van der Waals surface area contributed by atoms with Crippen LogP contribution in [-0.4, -0.2) is 32.3 Å². The van der Waals surface area contributed by atoms with E-state index in [4.69, 9.17) is 15.2 Å². The quantitative estimate of drug-likeness (QED) is 0.702. The third-order valence-electron chi connectivity index (χ3n) is 2.65. The summed E-state index contributed by atoms with van der Waals surface area (Å²) in [7, 11) is 0. The summed E-state index contributed by atoms with van der Waals surface area (Å²) in [5.41, 5.74) is 4.83. The van der Waals surface area contributed by atoms with Crippen molar-refractivity contribution in [3.8, 4) is 0 Å². The Kier molecular flexibility index (Phi) is 9.82. The van der Waals surface area contributed by atoms with Crippen molar-refractivity contribution in [1.82, 2.24) is 0 Å². The second-order valence-corrected chi connectivity index (χ2v) is 4.42. The lowest BCUT2D eigenvalue weighted by molar-refractivity contribution is -0.137. The molecule has 1 amide bonds. The van der Waals surface area contributed by atoms with E-state index >= 15 is 0 Å². The molecular weight excluding hydrogens is 337 g/mol. The summed E-state index contributed by atoms with van der Waals surface area (Å²) in [5, 5.41) is 2.36. The van der Waals surface area contributed by atoms with Crippen molar-refractivity contribution in [2.24, 2.45) is 5.73 Å². The first kappa shape index (κ1) is 21.6. The van der Waals surface area contributed by atoms with Gasteiger partial charge in [-0.15, -0.1) is 12.4 Å². The highest BCUT2D eigenvalue weighted by atomic mass is 35.5. The molecule has 0 aliphatic heterocycles. The number of carbonyl (C=O) groups excluding carboxylic acids is 1. The third kappa shape index (κ3) is 8.17. The van der Waals surface area contributed by atoms with E-state index in [0.29, 0.717) is 13.2 Å². The first-order valence-corrected chi connectivity index (χ1v) is 6.73. The maximum absolute atomic E-state index is 12.8. The zero-order valence-corrected chi connectivity index (χ0v) is 13.4. The molecule has 0 atom stereocenters. The summed E-state index contributed by atoms with van der Waals surface area (Å²) in [5.74, 6) is -0.543. The van der Waals surface area contributed by atoms with Crippen molar-refractivity contribution >= 4 is 24.0 Å². The number of nitrogens with one attached hydrogen (secondary N) is 1. The molecule has 0 aliphatic carbocycles. The van der Waals surface area contributed by atoms with Gasteiger partial charge in [-0.1, -0.05) is 0 Å². The number of hydrogen-bond acceptors (Lipinski definition) is 4. The highest BCUT2D eigenvalue weighted by molar-refractivity contribution is 5.91. The van der Waals surface area contributed by atoms with Crippen LogP contribution >= 0.6 is 12.4 Å². The van der Waals surface area contributed by atoms with Gasteiger partial charge in [0.15, 0.2) is 0 Å². The summed E-state index contributed by atoms with van der Waals surface area (Å²) in [6.45, 7) is 2.64. The molecule has 0 fully saturated rings. The van der Waals surface area contributed by atoms with Gasteiger partial charge in [0.2, 0.25) is 5.91 Å². The number of rotatable bonds is 8. The van der Waals surface area contributed by atoms with E-state index in [9.17, 15) is 18.0 Å². The monoisotopic (exact) mass is 356 g/mol. The van der Waals surface area contributed by atoms with Gasteiger partial charge >= 0.3 is 6.18 Å². The lowest BCUT2D eigenvalue weighted by atomic mass is 10.1. The summed E-state index contributed by atoms with van der Waals surface area (Å²) >= 11 is 0. The SMILES string of the molecule is CCOCCOCC(=O)Nc1cc(CN)cc(C(F)(F)F)c1.Cl. The Balaban J connectivity index is 0.00000484. The van der Waals surface area contributed by atoms with E-state index in [0.717, 1.165) is 12.1 Å². The summed E-state index contributed by atoms with van der Waals surface area (Å²) in [4.78, 5) is 11.6. The Labute approximate surface area is 138 Å². The van der Waals surface area contributed by atoms with E-state index in [1.54, 1.807) is 0 Å². The van der Waals surface area contributed by atoms with Gasteiger partial charge < -0.3 is 20.5 Å². The molecule has 0 saturated carbocycles. The molecule has 3 N–H and O–H groups in total. The lowest BCUT2D eigenvalue weighted by Crippen LogP contribution is -2.20. The standard InChI is InChI=1S/C14H19F3N2O3.ClH/c1-2-21-3-4-22-9-13(20)19-12-6-10(8-18)5-11(7-12)14(15,16)17;/h5-7H,2-4,8-9,18H2,1H3,(H,19,20);1H. The number of ether oxygens (including phenoxy) is 2. The molecule has 9 heteroatoms. The molecule has 0 aliphatic rings. The van der Waals surface area contributed by atoms with Gasteiger partial charge in [0.05, 0.1) is 18.8 Å². The Morgan fingerprint density at radius 1 is 1.22 bits per heavy atom. The van der Waals surface area contributed by atoms with Crippen LogP contribution in [0.2, 0.25) is 0 Å². The van der Waals surface area contributed by atoms with Crippen molar-refractivity contribution in [1.29, 1.82) is 0 Å². The highest BCUT2D eigenvalue weighted by Crippen LogP contribution is 2.31. The summed E-state index contributed by atoms with van der Waals surface area (Å²) < 4.78 is 48.3. The molecule has 132 valence electrons. The highest BCUT2D eigenvalue weighted by Gasteiger charge is 2.31. The number of amides is 1. The molecule has 1 aromatic carbocycles. The Hall–Kier alpha value is -1.35. The fourth-order valence-corrected chi connectivity index (χ4v) is 1.67. The molecular formula is C14H20ClF3N2O3. The van der Waals surface area contributed by atoms with E-state index in [2.05, 4.69) is 5.32 Å². The molecule has 23 heavy (non-hydrogen) atoms. The number of carbonyl (C=O) groups is 1. The van der Waals surface area contributed by atoms with Crippen LogP contribution in [0.5, 0.6) is 0 Å². The number of alkyl halides is 3. The van der Waals surface area contributed by atoms with Crippen molar-refractivity contribution in [2.75, 3.05) is 31.7 Å². The van der Waals surface area contributed by atoms with E-state index in [-0.39, 0.29) is 43.4 Å². The minimum atomic E-state index is -4.50. The molecule has 0 saturated heterocycles. The van der Waals surface area contributed by atoms with Crippen LogP contribution in [0.3, 0.4) is 0 Å². The summed E-state index contributed by atoms with van der Waals surface area (Å²) in [6.07, 6.45) is -4.50. The smallest absolute Gasteiger partial charge is 0.379 e. The zero-order valence-electron chi connectivity index (χ0n) is 12.6. The molecule has 0 heterocycles. The van der Waals surface area contributed by atoms with Gasteiger partial charge in [-0.3, -0.25) is 4.79 Å². The van der Waals surface area contributed by atoms with Crippen LogP contribution < -0.4 is 11.1 Å². The van der Waals surface area contributed by atoms with E-state index < -0.39 is 17.6 Å². The van der Waals surface area contributed by atoms with Gasteiger partial charge in [0.1, 0.15) is 6.61 Å². The second-order valence-electron chi connectivity index (χ2n) is 4.42. The van der Waals surface area contributed by atoms with Gasteiger partial charge in [0, 0.05) is 18.8 Å². The summed E-state index contributed by atoms with van der Waals surface area (Å²) in [6, 6.07) is 3.21. The fraction of sp³-hybridized carbons (Fsp3) is 0.500. The minimum Gasteiger partial charge on any atom is -0.379 e. The van der Waals surface area contributed by atoms with Crippen LogP contribution in [0.15, 0.2) is 18.2 Å². The van der Waals surface area contributed by atoms with Gasteiger partial charge in [-0.25, -0.2) is 0 Å². The van der Waals surface area contributed by atoms with Gasteiger partial charge in [-0.2, -0.15) is 13.2 Å². The fourth-order valence-electron chi connectivity index (χ4n) is 1.67. The number of halogens is 4. The second kappa shape index (κ2) is 10.4. The van der Waals surface area contributed by atoms with Crippen molar-refractivity contribution in [3.05, 3.63) is 29.3 Å². The largest absolute Gasteiger partial charge is 0.416 e. The van der Waals surface area contributed by atoms with Crippen LogP contribution in [0.4, 0.5) is 18.9 Å². The molecule has 0 aromatic heterocycles. The molecule has 0 unspecified atom stereocenters. The van der Waals surface area contributed by atoms with Gasteiger partial charge in [0.25, 0.3) is 0 Å². The maximum Gasteiger partial charge on any atom is 0.416 e. The molecule has 1 rings (SSSR count). The number of hydrogen-bond donors (Lipinski definition) is 2. The maximum atomic E-state index is 12.8. The number of nitrogens with two attached hydrogens (primary N) is 1. The molecule has 0 bridgehead atoms. The Morgan fingerprint density at radius 2 is 1.87 bits per heavy atom. The Morgan fingerprint density at radius 3 is 2.43 bits per heavy atom. The van der Waals surface area contributed by atoms with Crippen molar-refractivity contribution < 1.29 is 27.4 Å². The third-order valence-corrected chi connectivity index (χ3v) is 2.65. The minimum absolute atomic E-state index is 0. The number of anilines is 1.